The van der Waals surface area contributed by atoms with E-state index in [-0.39, 0.29) is 17.9 Å². The number of ether oxygens (including phenoxy) is 1. The molecular formula is C26H29NO5S. The summed E-state index contributed by atoms with van der Waals surface area (Å²) in [6, 6.07) is 22.6. The molecule has 1 atom stereocenters. The Kier molecular flexibility index (Phi) is 8.25. The van der Waals surface area contributed by atoms with E-state index in [2.05, 4.69) is 0 Å². The van der Waals surface area contributed by atoms with Gasteiger partial charge in [0.2, 0.25) is 10.0 Å². The fourth-order valence-electron chi connectivity index (χ4n) is 3.56. The van der Waals surface area contributed by atoms with E-state index in [4.69, 9.17) is 4.74 Å². The standard InChI is InChI=1S/C26H29NO5S/c1-3-25(26(28)29)27(33(30,31)24-14-12-20(2)13-15-24)17-16-21-10-7-11-23(18-21)32-19-22-8-5-4-6-9-22/h4-15,18,25H,3,16-17,19H2,1-2H3,(H,28,29). The number of sulfonamides is 1. The second kappa shape index (κ2) is 11.1. The van der Waals surface area contributed by atoms with Crippen LogP contribution in [0.3, 0.4) is 0 Å². The molecule has 0 amide bonds. The first-order valence-corrected chi connectivity index (χ1v) is 12.3. The molecule has 0 saturated heterocycles. The smallest absolute Gasteiger partial charge is 0.322 e. The largest absolute Gasteiger partial charge is 0.489 e. The van der Waals surface area contributed by atoms with Crippen LogP contribution in [0.25, 0.3) is 0 Å². The van der Waals surface area contributed by atoms with E-state index in [0.29, 0.717) is 18.8 Å². The SMILES string of the molecule is CCC(C(=O)O)N(CCc1cccc(OCc2ccccc2)c1)S(=O)(=O)c1ccc(C)cc1. The molecule has 33 heavy (non-hydrogen) atoms. The molecule has 7 heteroatoms. The summed E-state index contributed by atoms with van der Waals surface area (Å²) >= 11 is 0. The minimum atomic E-state index is -3.98. The first-order valence-electron chi connectivity index (χ1n) is 10.9. The molecule has 0 spiro atoms. The maximum atomic E-state index is 13.3. The van der Waals surface area contributed by atoms with Crippen molar-refractivity contribution in [1.82, 2.24) is 4.31 Å². The molecule has 0 radical (unpaired) electrons. The van der Waals surface area contributed by atoms with E-state index in [1.54, 1.807) is 19.1 Å². The third-order valence-corrected chi connectivity index (χ3v) is 7.34. The van der Waals surface area contributed by atoms with Crippen molar-refractivity contribution in [1.29, 1.82) is 0 Å². The quantitative estimate of drug-likeness (QED) is 0.443. The summed E-state index contributed by atoms with van der Waals surface area (Å²) in [5.74, 6) is -0.484. The summed E-state index contributed by atoms with van der Waals surface area (Å²) in [6.45, 7) is 4.01. The van der Waals surface area contributed by atoms with Crippen LogP contribution in [-0.4, -0.2) is 36.4 Å². The number of carboxylic acids is 1. The lowest BCUT2D eigenvalue weighted by atomic mass is 10.1. The second-order valence-corrected chi connectivity index (χ2v) is 9.75. The first-order chi connectivity index (χ1) is 15.8. The van der Waals surface area contributed by atoms with E-state index in [1.807, 2.05) is 61.5 Å². The molecule has 174 valence electrons. The summed E-state index contributed by atoms with van der Waals surface area (Å²) in [5, 5.41) is 9.69. The minimum absolute atomic E-state index is 0.0448. The Morgan fingerprint density at radius 1 is 0.970 bits per heavy atom. The summed E-state index contributed by atoms with van der Waals surface area (Å²) < 4.78 is 33.6. The monoisotopic (exact) mass is 467 g/mol. The molecule has 0 bridgehead atoms. The minimum Gasteiger partial charge on any atom is -0.489 e. The van der Waals surface area contributed by atoms with Crippen molar-refractivity contribution in [3.05, 3.63) is 95.6 Å². The van der Waals surface area contributed by atoms with Gasteiger partial charge in [0, 0.05) is 6.54 Å². The third kappa shape index (κ3) is 6.43. The van der Waals surface area contributed by atoms with Crippen molar-refractivity contribution < 1.29 is 23.1 Å². The first kappa shape index (κ1) is 24.5. The Morgan fingerprint density at radius 3 is 2.27 bits per heavy atom. The zero-order valence-corrected chi connectivity index (χ0v) is 19.7. The molecule has 0 heterocycles. The van der Waals surface area contributed by atoms with Crippen LogP contribution in [0, 0.1) is 6.92 Å². The van der Waals surface area contributed by atoms with Gasteiger partial charge in [0.25, 0.3) is 0 Å². The number of carbonyl (C=O) groups is 1. The molecule has 3 aromatic rings. The Labute approximate surface area is 195 Å². The summed E-state index contributed by atoms with van der Waals surface area (Å²) in [5.41, 5.74) is 2.84. The molecule has 1 N–H and O–H groups in total. The zero-order valence-electron chi connectivity index (χ0n) is 18.8. The third-order valence-electron chi connectivity index (χ3n) is 5.41. The Morgan fingerprint density at radius 2 is 1.64 bits per heavy atom. The van der Waals surface area contributed by atoms with Gasteiger partial charge in [-0.15, -0.1) is 0 Å². The van der Waals surface area contributed by atoms with Gasteiger partial charge in [0.05, 0.1) is 4.90 Å². The molecule has 1 unspecified atom stereocenters. The van der Waals surface area contributed by atoms with Crippen LogP contribution in [0.5, 0.6) is 5.75 Å². The molecule has 0 aliphatic heterocycles. The van der Waals surface area contributed by atoms with E-state index in [9.17, 15) is 18.3 Å². The highest BCUT2D eigenvalue weighted by Gasteiger charge is 2.34. The van der Waals surface area contributed by atoms with Gasteiger partial charge in [-0.05, 0) is 55.2 Å². The van der Waals surface area contributed by atoms with E-state index >= 15 is 0 Å². The molecule has 0 aliphatic rings. The lowest BCUT2D eigenvalue weighted by Gasteiger charge is -2.27. The number of benzene rings is 3. The fourth-order valence-corrected chi connectivity index (χ4v) is 5.22. The Hall–Kier alpha value is -3.16. The highest BCUT2D eigenvalue weighted by Crippen LogP contribution is 2.22. The van der Waals surface area contributed by atoms with Gasteiger partial charge in [-0.3, -0.25) is 4.79 Å². The Balaban J connectivity index is 1.78. The van der Waals surface area contributed by atoms with Crippen molar-refractivity contribution in [3.8, 4) is 5.75 Å². The molecule has 0 fully saturated rings. The van der Waals surface area contributed by atoms with Gasteiger partial charge >= 0.3 is 5.97 Å². The van der Waals surface area contributed by atoms with Crippen molar-refractivity contribution in [2.24, 2.45) is 0 Å². The van der Waals surface area contributed by atoms with Gasteiger partial charge < -0.3 is 9.84 Å². The van der Waals surface area contributed by atoms with Gasteiger partial charge in [-0.2, -0.15) is 4.31 Å². The summed E-state index contributed by atoms with van der Waals surface area (Å²) in [4.78, 5) is 12.0. The van der Waals surface area contributed by atoms with Crippen molar-refractivity contribution in [2.45, 2.75) is 44.2 Å². The molecule has 3 rings (SSSR count). The maximum Gasteiger partial charge on any atom is 0.322 e. The fraction of sp³-hybridized carbons (Fsp3) is 0.269. The maximum absolute atomic E-state index is 13.3. The molecule has 3 aromatic carbocycles. The van der Waals surface area contributed by atoms with Crippen LogP contribution in [0.1, 0.15) is 30.0 Å². The second-order valence-electron chi connectivity index (χ2n) is 7.86. The number of rotatable bonds is 11. The number of hydrogen-bond donors (Lipinski definition) is 1. The lowest BCUT2D eigenvalue weighted by Crippen LogP contribution is -2.45. The van der Waals surface area contributed by atoms with Gasteiger partial charge in [0.15, 0.2) is 0 Å². The average molecular weight is 468 g/mol. The summed E-state index contributed by atoms with van der Waals surface area (Å²) in [6.07, 6.45) is 0.526. The van der Waals surface area contributed by atoms with E-state index in [0.717, 1.165) is 21.0 Å². The number of hydrogen-bond acceptors (Lipinski definition) is 4. The van der Waals surface area contributed by atoms with E-state index in [1.165, 1.54) is 12.1 Å². The predicted molar refractivity (Wildman–Crippen MR) is 128 cm³/mol. The number of aryl methyl sites for hydroxylation is 1. The predicted octanol–water partition coefficient (Wildman–Crippen LogP) is 4.67. The number of nitrogens with zero attached hydrogens (tertiary/aromatic N) is 1. The highest BCUT2D eigenvalue weighted by atomic mass is 32.2. The van der Waals surface area contributed by atoms with Crippen LogP contribution in [0.2, 0.25) is 0 Å². The lowest BCUT2D eigenvalue weighted by molar-refractivity contribution is -0.141. The molecule has 0 saturated carbocycles. The highest BCUT2D eigenvalue weighted by molar-refractivity contribution is 7.89. The van der Waals surface area contributed by atoms with Crippen molar-refractivity contribution in [2.75, 3.05) is 6.54 Å². The summed E-state index contributed by atoms with van der Waals surface area (Å²) in [7, 11) is -3.98. The van der Waals surface area contributed by atoms with Crippen molar-refractivity contribution >= 4 is 16.0 Å². The van der Waals surface area contributed by atoms with Gasteiger partial charge in [-0.1, -0.05) is 67.1 Å². The van der Waals surface area contributed by atoms with Crippen molar-refractivity contribution in [3.63, 3.8) is 0 Å². The van der Waals surface area contributed by atoms with Crippen LogP contribution in [-0.2, 0) is 27.8 Å². The van der Waals surface area contributed by atoms with Crippen LogP contribution >= 0.6 is 0 Å². The van der Waals surface area contributed by atoms with Gasteiger partial charge in [-0.25, -0.2) is 8.42 Å². The number of carboxylic acid groups (broad SMARTS) is 1. The zero-order chi connectivity index (χ0) is 23.8. The van der Waals surface area contributed by atoms with Crippen LogP contribution in [0.4, 0.5) is 0 Å². The average Bonchev–Trinajstić information content (AvgIpc) is 2.81. The molecule has 6 nitrogen and oxygen atoms in total. The number of aliphatic carboxylic acids is 1. The molecule has 0 aromatic heterocycles. The topological polar surface area (TPSA) is 83.9 Å². The van der Waals surface area contributed by atoms with Gasteiger partial charge in [0.1, 0.15) is 18.4 Å². The molecular weight excluding hydrogens is 438 g/mol. The molecule has 0 aliphatic carbocycles. The Bertz CT molecular complexity index is 1160. The van der Waals surface area contributed by atoms with Crippen LogP contribution in [0.15, 0.2) is 83.8 Å². The van der Waals surface area contributed by atoms with Crippen LogP contribution < -0.4 is 4.74 Å². The van der Waals surface area contributed by atoms with E-state index < -0.39 is 22.0 Å². The normalized spacial score (nSPS) is 12.5.